The molecular formula is C7H12N4O. The lowest BCUT2D eigenvalue weighted by Crippen LogP contribution is -2.30. The van der Waals surface area contributed by atoms with Crippen LogP contribution in [0.3, 0.4) is 0 Å². The molecule has 1 rings (SSSR count). The second-order valence-corrected chi connectivity index (χ2v) is 2.89. The highest BCUT2D eigenvalue weighted by Crippen LogP contribution is 1.97. The number of aromatic nitrogens is 3. The van der Waals surface area contributed by atoms with Crippen LogP contribution in [0.25, 0.3) is 0 Å². The monoisotopic (exact) mass is 168 g/mol. The molecule has 0 atom stereocenters. The largest absolute Gasteiger partial charge is 0.348 e. The van der Waals surface area contributed by atoms with Crippen molar-refractivity contribution in [2.45, 2.75) is 26.8 Å². The van der Waals surface area contributed by atoms with Gasteiger partial charge in [-0.05, 0) is 20.8 Å². The summed E-state index contributed by atoms with van der Waals surface area (Å²) in [5.41, 5.74) is 0.983. The molecule has 2 N–H and O–H groups in total. The van der Waals surface area contributed by atoms with Crippen LogP contribution in [0.1, 0.15) is 30.0 Å². The van der Waals surface area contributed by atoms with Crippen molar-refractivity contribution in [2.24, 2.45) is 0 Å². The van der Waals surface area contributed by atoms with Crippen molar-refractivity contribution in [1.29, 1.82) is 0 Å². The molecule has 0 radical (unpaired) electrons. The molecule has 0 aliphatic heterocycles. The van der Waals surface area contributed by atoms with Crippen LogP contribution in [-0.2, 0) is 0 Å². The summed E-state index contributed by atoms with van der Waals surface area (Å²) in [6.45, 7) is 5.53. The Bertz CT molecular complexity index is 279. The van der Waals surface area contributed by atoms with Gasteiger partial charge < -0.3 is 5.32 Å². The molecule has 0 aliphatic carbocycles. The zero-order valence-electron chi connectivity index (χ0n) is 7.38. The fourth-order valence-electron chi connectivity index (χ4n) is 0.829. The maximum absolute atomic E-state index is 11.3. The van der Waals surface area contributed by atoms with Crippen LogP contribution in [-0.4, -0.2) is 27.4 Å². The minimum absolute atomic E-state index is 0.119. The molecule has 0 unspecified atom stereocenters. The van der Waals surface area contributed by atoms with E-state index in [2.05, 4.69) is 20.7 Å². The molecule has 1 aromatic heterocycles. The molecule has 1 heterocycles. The van der Waals surface area contributed by atoms with Crippen molar-refractivity contribution in [3.05, 3.63) is 11.4 Å². The maximum atomic E-state index is 11.3. The molecule has 1 amide bonds. The van der Waals surface area contributed by atoms with Crippen molar-refractivity contribution in [3.8, 4) is 0 Å². The summed E-state index contributed by atoms with van der Waals surface area (Å²) in [4.78, 5) is 11.3. The standard InChI is InChI=1S/C7H12N4O/c1-4(2)8-7(12)6-5(3)9-11-10-6/h4H,1-3H3,(H,8,12)(H,9,10,11). The van der Waals surface area contributed by atoms with Gasteiger partial charge in [-0.2, -0.15) is 15.4 Å². The van der Waals surface area contributed by atoms with Gasteiger partial charge in [0.2, 0.25) is 0 Å². The first-order valence-corrected chi connectivity index (χ1v) is 3.79. The lowest BCUT2D eigenvalue weighted by molar-refractivity contribution is 0.0937. The van der Waals surface area contributed by atoms with E-state index in [0.29, 0.717) is 11.4 Å². The predicted molar refractivity (Wildman–Crippen MR) is 43.7 cm³/mol. The van der Waals surface area contributed by atoms with E-state index >= 15 is 0 Å². The number of H-pyrrole nitrogens is 1. The molecule has 0 aromatic carbocycles. The fourth-order valence-corrected chi connectivity index (χ4v) is 0.829. The van der Waals surface area contributed by atoms with Gasteiger partial charge in [0, 0.05) is 6.04 Å². The Morgan fingerprint density at radius 1 is 1.50 bits per heavy atom. The summed E-state index contributed by atoms with van der Waals surface area (Å²) >= 11 is 0. The second kappa shape index (κ2) is 3.34. The molecular weight excluding hydrogens is 156 g/mol. The van der Waals surface area contributed by atoms with Crippen LogP contribution in [0.4, 0.5) is 0 Å². The third-order valence-electron chi connectivity index (χ3n) is 1.36. The predicted octanol–water partition coefficient (Wildman–Crippen LogP) is 0.251. The van der Waals surface area contributed by atoms with Crippen LogP contribution >= 0.6 is 0 Å². The molecule has 0 saturated carbocycles. The number of aromatic amines is 1. The Hall–Kier alpha value is -1.39. The first-order valence-electron chi connectivity index (χ1n) is 3.79. The third kappa shape index (κ3) is 1.81. The van der Waals surface area contributed by atoms with E-state index in [1.807, 2.05) is 13.8 Å². The van der Waals surface area contributed by atoms with E-state index in [9.17, 15) is 4.79 Å². The summed E-state index contributed by atoms with van der Waals surface area (Å²) in [5.74, 6) is -0.184. The van der Waals surface area contributed by atoms with Gasteiger partial charge in [0.25, 0.3) is 5.91 Å². The Kier molecular flexibility index (Phi) is 2.42. The summed E-state index contributed by atoms with van der Waals surface area (Å²) < 4.78 is 0. The minimum Gasteiger partial charge on any atom is -0.348 e. The number of carbonyl (C=O) groups excluding carboxylic acids is 1. The number of carbonyl (C=O) groups is 1. The van der Waals surface area contributed by atoms with Crippen LogP contribution in [0.2, 0.25) is 0 Å². The Morgan fingerprint density at radius 2 is 2.17 bits per heavy atom. The zero-order valence-corrected chi connectivity index (χ0v) is 7.38. The van der Waals surface area contributed by atoms with Crippen molar-refractivity contribution >= 4 is 5.91 Å². The zero-order chi connectivity index (χ0) is 9.14. The summed E-state index contributed by atoms with van der Waals surface area (Å²) in [6, 6.07) is 0.119. The van der Waals surface area contributed by atoms with Gasteiger partial charge in [0.1, 0.15) is 0 Å². The average molecular weight is 168 g/mol. The topological polar surface area (TPSA) is 70.7 Å². The molecule has 0 saturated heterocycles. The summed E-state index contributed by atoms with van der Waals surface area (Å²) in [7, 11) is 0. The summed E-state index contributed by atoms with van der Waals surface area (Å²) in [5, 5.41) is 12.6. The molecule has 12 heavy (non-hydrogen) atoms. The van der Waals surface area contributed by atoms with Gasteiger partial charge in [-0.3, -0.25) is 4.79 Å². The highest BCUT2D eigenvalue weighted by Gasteiger charge is 2.12. The van der Waals surface area contributed by atoms with Crippen molar-refractivity contribution < 1.29 is 4.79 Å². The maximum Gasteiger partial charge on any atom is 0.273 e. The second-order valence-electron chi connectivity index (χ2n) is 2.89. The van der Waals surface area contributed by atoms with Crippen molar-refractivity contribution in [1.82, 2.24) is 20.7 Å². The average Bonchev–Trinajstić information content (AvgIpc) is 2.33. The number of hydrogen-bond acceptors (Lipinski definition) is 3. The first-order chi connectivity index (χ1) is 5.61. The first kappa shape index (κ1) is 8.70. The lowest BCUT2D eigenvalue weighted by Gasteiger charge is -2.05. The quantitative estimate of drug-likeness (QED) is 0.665. The van der Waals surface area contributed by atoms with Crippen molar-refractivity contribution in [3.63, 3.8) is 0 Å². The number of nitrogens with zero attached hydrogens (tertiary/aromatic N) is 2. The fraction of sp³-hybridized carbons (Fsp3) is 0.571. The molecule has 66 valence electrons. The molecule has 0 aliphatic rings. The number of aryl methyl sites for hydroxylation is 1. The molecule has 5 nitrogen and oxygen atoms in total. The third-order valence-corrected chi connectivity index (χ3v) is 1.36. The number of nitrogens with one attached hydrogen (secondary N) is 2. The SMILES string of the molecule is Cc1n[nH]nc1C(=O)NC(C)C. The van der Waals surface area contributed by atoms with Gasteiger partial charge in [0.15, 0.2) is 5.69 Å². The van der Waals surface area contributed by atoms with Gasteiger partial charge in [-0.15, -0.1) is 0 Å². The van der Waals surface area contributed by atoms with Gasteiger partial charge in [0.05, 0.1) is 5.69 Å². The minimum atomic E-state index is -0.184. The Morgan fingerprint density at radius 3 is 2.58 bits per heavy atom. The van der Waals surface area contributed by atoms with Gasteiger partial charge >= 0.3 is 0 Å². The Balaban J connectivity index is 2.72. The van der Waals surface area contributed by atoms with Crippen LogP contribution in [0.15, 0.2) is 0 Å². The van der Waals surface area contributed by atoms with Gasteiger partial charge in [-0.1, -0.05) is 0 Å². The van der Waals surface area contributed by atoms with E-state index in [-0.39, 0.29) is 11.9 Å². The number of hydrogen-bond donors (Lipinski definition) is 2. The highest BCUT2D eigenvalue weighted by atomic mass is 16.2. The lowest BCUT2D eigenvalue weighted by atomic mass is 10.3. The molecule has 0 spiro atoms. The van der Waals surface area contributed by atoms with E-state index < -0.39 is 0 Å². The smallest absolute Gasteiger partial charge is 0.273 e. The molecule has 5 heteroatoms. The van der Waals surface area contributed by atoms with E-state index in [1.165, 1.54) is 0 Å². The number of amides is 1. The summed E-state index contributed by atoms with van der Waals surface area (Å²) in [6.07, 6.45) is 0. The van der Waals surface area contributed by atoms with E-state index in [0.717, 1.165) is 0 Å². The Labute approximate surface area is 70.6 Å². The van der Waals surface area contributed by atoms with E-state index in [4.69, 9.17) is 0 Å². The van der Waals surface area contributed by atoms with Gasteiger partial charge in [-0.25, -0.2) is 0 Å². The van der Waals surface area contributed by atoms with Crippen molar-refractivity contribution in [2.75, 3.05) is 0 Å². The highest BCUT2D eigenvalue weighted by molar-refractivity contribution is 5.93. The van der Waals surface area contributed by atoms with Crippen LogP contribution in [0, 0.1) is 6.92 Å². The van der Waals surface area contributed by atoms with E-state index in [1.54, 1.807) is 6.92 Å². The molecule has 1 aromatic rings. The van der Waals surface area contributed by atoms with Crippen LogP contribution < -0.4 is 5.32 Å². The normalized spacial score (nSPS) is 10.3. The molecule has 0 bridgehead atoms. The molecule has 0 fully saturated rings. The van der Waals surface area contributed by atoms with Crippen LogP contribution in [0.5, 0.6) is 0 Å². The number of rotatable bonds is 2.